The number of benzene rings is 2. The Bertz CT molecular complexity index is 736. The first kappa shape index (κ1) is 13.8. The molecule has 0 saturated heterocycles. The topological polar surface area (TPSA) is 46.3 Å². The second-order valence-electron chi connectivity index (χ2n) is 4.84. The van der Waals surface area contributed by atoms with Gasteiger partial charge in [-0.15, -0.1) is 0 Å². The Morgan fingerprint density at radius 1 is 1.19 bits per heavy atom. The summed E-state index contributed by atoms with van der Waals surface area (Å²) in [5.74, 6) is -2.22. The van der Waals surface area contributed by atoms with Crippen molar-refractivity contribution in [3.05, 3.63) is 58.6 Å². The van der Waals surface area contributed by atoms with Gasteiger partial charge in [-0.3, -0.25) is 4.79 Å². The molecule has 3 nitrogen and oxygen atoms in total. The van der Waals surface area contributed by atoms with Crippen molar-refractivity contribution in [3.8, 4) is 0 Å². The highest BCUT2D eigenvalue weighted by molar-refractivity contribution is 6.31. The number of carbonyl (C=O) groups is 1. The number of anilines is 2. The second-order valence-corrected chi connectivity index (χ2v) is 5.25. The highest BCUT2D eigenvalue weighted by Gasteiger charge is 2.35. The van der Waals surface area contributed by atoms with Gasteiger partial charge in [0, 0.05) is 18.2 Å². The average molecular weight is 309 g/mol. The number of hydrogen-bond donors (Lipinski definition) is 1. The van der Waals surface area contributed by atoms with E-state index >= 15 is 0 Å². The molecular formula is C15H11ClF2N2O. The standard InChI is InChI=1S/C15H11ClF2N2O/c16-9-6-13(11(18)7-10(9)17)20-12-4-2-1-3-8(12)5-14(20)15(19)21/h1-4,6-7,14H,5H2,(H2,19,21)/t14-/m0/s1. The van der Waals surface area contributed by atoms with Gasteiger partial charge in [-0.25, -0.2) is 8.78 Å². The SMILES string of the molecule is NC(=O)[C@@H]1Cc2ccccc2N1c1cc(Cl)c(F)cc1F. The predicted molar refractivity (Wildman–Crippen MR) is 76.6 cm³/mol. The molecule has 0 fully saturated rings. The fraction of sp³-hybridized carbons (Fsp3) is 0.133. The lowest BCUT2D eigenvalue weighted by atomic mass is 10.1. The van der Waals surface area contributed by atoms with Crippen LogP contribution in [-0.2, 0) is 11.2 Å². The first-order chi connectivity index (χ1) is 9.99. The molecule has 1 amide bonds. The van der Waals surface area contributed by atoms with E-state index in [2.05, 4.69) is 0 Å². The summed E-state index contributed by atoms with van der Waals surface area (Å²) < 4.78 is 27.4. The molecule has 108 valence electrons. The van der Waals surface area contributed by atoms with E-state index in [9.17, 15) is 13.6 Å². The minimum absolute atomic E-state index is 0.0372. The van der Waals surface area contributed by atoms with Gasteiger partial charge in [-0.05, 0) is 17.7 Å². The van der Waals surface area contributed by atoms with Gasteiger partial charge >= 0.3 is 0 Å². The molecule has 1 atom stereocenters. The van der Waals surface area contributed by atoms with Crippen LogP contribution in [0.15, 0.2) is 36.4 Å². The zero-order chi connectivity index (χ0) is 15.1. The van der Waals surface area contributed by atoms with Crippen LogP contribution >= 0.6 is 11.6 Å². The van der Waals surface area contributed by atoms with E-state index in [0.717, 1.165) is 5.56 Å². The average Bonchev–Trinajstić information content (AvgIpc) is 2.82. The van der Waals surface area contributed by atoms with E-state index in [1.165, 1.54) is 11.0 Å². The number of halogens is 3. The van der Waals surface area contributed by atoms with Crippen molar-refractivity contribution in [3.63, 3.8) is 0 Å². The number of rotatable bonds is 2. The largest absolute Gasteiger partial charge is 0.368 e. The van der Waals surface area contributed by atoms with Crippen molar-refractivity contribution < 1.29 is 13.6 Å². The molecular weight excluding hydrogens is 298 g/mol. The van der Waals surface area contributed by atoms with E-state index in [4.69, 9.17) is 17.3 Å². The van der Waals surface area contributed by atoms with E-state index < -0.39 is 23.6 Å². The van der Waals surface area contributed by atoms with Crippen LogP contribution in [0.2, 0.25) is 5.02 Å². The summed E-state index contributed by atoms with van der Waals surface area (Å²) in [5, 5.41) is -0.209. The lowest BCUT2D eigenvalue weighted by Gasteiger charge is -2.26. The first-order valence-corrected chi connectivity index (χ1v) is 6.68. The summed E-state index contributed by atoms with van der Waals surface area (Å²) in [6.45, 7) is 0. The van der Waals surface area contributed by atoms with Gasteiger partial charge in [0.1, 0.15) is 17.7 Å². The minimum atomic E-state index is -0.846. The van der Waals surface area contributed by atoms with Gasteiger partial charge in [-0.2, -0.15) is 0 Å². The molecule has 1 heterocycles. The molecule has 0 aliphatic carbocycles. The van der Waals surface area contributed by atoms with Crippen molar-refractivity contribution in [2.75, 3.05) is 4.90 Å². The van der Waals surface area contributed by atoms with Crippen LogP contribution in [0.4, 0.5) is 20.2 Å². The maximum atomic E-state index is 14.1. The fourth-order valence-corrected chi connectivity index (χ4v) is 2.77. The summed E-state index contributed by atoms with van der Waals surface area (Å²) in [7, 11) is 0. The van der Waals surface area contributed by atoms with Gasteiger partial charge in [0.25, 0.3) is 0 Å². The van der Waals surface area contributed by atoms with E-state index in [-0.39, 0.29) is 10.7 Å². The number of nitrogens with zero attached hydrogens (tertiary/aromatic N) is 1. The van der Waals surface area contributed by atoms with E-state index in [1.54, 1.807) is 12.1 Å². The minimum Gasteiger partial charge on any atom is -0.368 e. The third-order valence-corrected chi connectivity index (χ3v) is 3.84. The summed E-state index contributed by atoms with van der Waals surface area (Å²) in [5.41, 5.74) is 7.00. The normalized spacial score (nSPS) is 16.9. The Kier molecular flexibility index (Phi) is 3.29. The number of nitrogens with two attached hydrogens (primary N) is 1. The van der Waals surface area contributed by atoms with Crippen LogP contribution in [0, 0.1) is 11.6 Å². The van der Waals surface area contributed by atoms with Crippen molar-refractivity contribution in [2.24, 2.45) is 5.73 Å². The Balaban J connectivity index is 2.18. The Hall–Kier alpha value is -2.14. The zero-order valence-electron chi connectivity index (χ0n) is 10.8. The first-order valence-electron chi connectivity index (χ1n) is 6.30. The fourth-order valence-electron chi connectivity index (χ4n) is 2.61. The molecule has 2 aromatic rings. The van der Waals surface area contributed by atoms with Crippen LogP contribution in [0.25, 0.3) is 0 Å². The third-order valence-electron chi connectivity index (χ3n) is 3.55. The summed E-state index contributed by atoms with van der Waals surface area (Å²) in [4.78, 5) is 13.1. The van der Waals surface area contributed by atoms with E-state index in [0.29, 0.717) is 18.2 Å². The molecule has 0 spiro atoms. The molecule has 3 rings (SSSR count). The molecule has 0 saturated carbocycles. The van der Waals surface area contributed by atoms with Gasteiger partial charge in [0.05, 0.1) is 10.7 Å². The number of hydrogen-bond acceptors (Lipinski definition) is 2. The summed E-state index contributed by atoms with van der Waals surface area (Å²) in [6, 6.07) is 8.36. The van der Waals surface area contributed by atoms with Gasteiger partial charge < -0.3 is 10.6 Å². The third kappa shape index (κ3) is 2.23. The lowest BCUT2D eigenvalue weighted by Crippen LogP contribution is -2.40. The van der Waals surface area contributed by atoms with E-state index in [1.807, 2.05) is 12.1 Å². The van der Waals surface area contributed by atoms with Crippen molar-refractivity contribution in [2.45, 2.75) is 12.5 Å². The van der Waals surface area contributed by atoms with Crippen LogP contribution < -0.4 is 10.6 Å². The number of carbonyl (C=O) groups excluding carboxylic acids is 1. The monoisotopic (exact) mass is 308 g/mol. The summed E-state index contributed by atoms with van der Waals surface area (Å²) in [6.07, 6.45) is 0.375. The van der Waals surface area contributed by atoms with Crippen molar-refractivity contribution >= 4 is 28.9 Å². The van der Waals surface area contributed by atoms with Crippen LogP contribution in [0.3, 0.4) is 0 Å². The number of primary amides is 1. The molecule has 2 N–H and O–H groups in total. The number of fused-ring (bicyclic) bond motifs is 1. The van der Waals surface area contributed by atoms with Crippen LogP contribution in [0.5, 0.6) is 0 Å². The molecule has 2 aromatic carbocycles. The van der Waals surface area contributed by atoms with Crippen molar-refractivity contribution in [1.82, 2.24) is 0 Å². The Morgan fingerprint density at radius 3 is 2.62 bits per heavy atom. The summed E-state index contributed by atoms with van der Waals surface area (Å²) >= 11 is 5.73. The highest BCUT2D eigenvalue weighted by Crippen LogP contribution is 2.40. The van der Waals surface area contributed by atoms with Gasteiger partial charge in [0.2, 0.25) is 5.91 Å². The number of para-hydroxylation sites is 1. The highest BCUT2D eigenvalue weighted by atomic mass is 35.5. The molecule has 0 aromatic heterocycles. The predicted octanol–water partition coefficient (Wildman–Crippen LogP) is 3.17. The second kappa shape index (κ2) is 5.00. The van der Waals surface area contributed by atoms with Crippen molar-refractivity contribution in [1.29, 1.82) is 0 Å². The van der Waals surface area contributed by atoms with Gasteiger partial charge in [0.15, 0.2) is 0 Å². The van der Waals surface area contributed by atoms with Crippen LogP contribution in [-0.4, -0.2) is 11.9 Å². The Labute approximate surface area is 124 Å². The molecule has 0 radical (unpaired) electrons. The number of amides is 1. The molecule has 6 heteroatoms. The molecule has 0 bridgehead atoms. The zero-order valence-corrected chi connectivity index (χ0v) is 11.6. The molecule has 0 unspecified atom stereocenters. The maximum Gasteiger partial charge on any atom is 0.240 e. The maximum absolute atomic E-state index is 14.1. The lowest BCUT2D eigenvalue weighted by molar-refractivity contribution is -0.119. The quantitative estimate of drug-likeness (QED) is 0.866. The van der Waals surface area contributed by atoms with Crippen LogP contribution in [0.1, 0.15) is 5.56 Å². The Morgan fingerprint density at radius 2 is 1.90 bits per heavy atom. The smallest absolute Gasteiger partial charge is 0.240 e. The van der Waals surface area contributed by atoms with Gasteiger partial charge in [-0.1, -0.05) is 29.8 Å². The molecule has 21 heavy (non-hydrogen) atoms. The molecule has 1 aliphatic rings. The molecule has 1 aliphatic heterocycles.